The molecule has 2 amide bonds. The molecule has 1 atom stereocenters. The third kappa shape index (κ3) is 7.17. The van der Waals surface area contributed by atoms with E-state index in [1.165, 1.54) is 41.3 Å². The van der Waals surface area contributed by atoms with E-state index in [9.17, 15) is 18.0 Å². The predicted molar refractivity (Wildman–Crippen MR) is 148 cm³/mol. The lowest BCUT2D eigenvalue weighted by Crippen LogP contribution is -2.51. The Hall–Kier alpha value is -2.78. The molecule has 0 aliphatic heterocycles. The minimum absolute atomic E-state index is 0.00118. The van der Waals surface area contributed by atoms with Crippen molar-refractivity contribution in [1.82, 2.24) is 10.2 Å². The van der Waals surface area contributed by atoms with Gasteiger partial charge in [-0.3, -0.25) is 13.9 Å². The van der Waals surface area contributed by atoms with Crippen LogP contribution in [0.1, 0.15) is 19.4 Å². The maximum atomic E-state index is 13.8. The number of amides is 2. The fourth-order valence-corrected chi connectivity index (χ4v) is 5.52. The molecule has 0 unspecified atom stereocenters. The summed E-state index contributed by atoms with van der Waals surface area (Å²) in [5.74, 6) is -0.978. The third-order valence-electron chi connectivity index (χ3n) is 5.59. The average Bonchev–Trinajstić information content (AvgIpc) is 2.86. The van der Waals surface area contributed by atoms with E-state index in [-0.39, 0.29) is 23.0 Å². The number of likely N-dealkylation sites (N-methyl/N-ethyl adjacent to an activating group) is 1. The zero-order valence-corrected chi connectivity index (χ0v) is 23.3. The molecule has 0 spiro atoms. The van der Waals surface area contributed by atoms with E-state index >= 15 is 0 Å². The zero-order valence-electron chi connectivity index (χ0n) is 20.2. The molecule has 0 fully saturated rings. The second-order valence-electron chi connectivity index (χ2n) is 8.13. The molecule has 0 saturated carbocycles. The Balaban J connectivity index is 2.04. The summed E-state index contributed by atoms with van der Waals surface area (Å²) in [6.45, 7) is 3.14. The van der Waals surface area contributed by atoms with Crippen molar-refractivity contribution in [3.63, 3.8) is 0 Å². The number of halogens is 3. The van der Waals surface area contributed by atoms with Gasteiger partial charge in [-0.25, -0.2) is 8.42 Å². The molecule has 1 N–H and O–H groups in total. The smallest absolute Gasteiger partial charge is 0.264 e. The van der Waals surface area contributed by atoms with Gasteiger partial charge in [0, 0.05) is 28.2 Å². The number of rotatable bonds is 10. The number of nitrogens with one attached hydrogen (secondary N) is 1. The van der Waals surface area contributed by atoms with Gasteiger partial charge in [0.1, 0.15) is 12.6 Å². The molecule has 0 heterocycles. The summed E-state index contributed by atoms with van der Waals surface area (Å²) in [7, 11) is -4.21. The highest BCUT2D eigenvalue weighted by molar-refractivity contribution is 7.92. The molecule has 0 saturated heterocycles. The summed E-state index contributed by atoms with van der Waals surface area (Å²) >= 11 is 18.4. The van der Waals surface area contributed by atoms with Crippen molar-refractivity contribution in [3.05, 3.63) is 93.4 Å². The monoisotopic (exact) mass is 581 g/mol. The third-order valence-corrected chi connectivity index (χ3v) is 8.24. The van der Waals surface area contributed by atoms with Crippen molar-refractivity contribution in [2.24, 2.45) is 0 Å². The standard InChI is InChI=1S/C26H26Cl3N3O4S/c1-3-30-26(34)18(2)31(16-19-7-4-5-10-24(19)29)25(33)17-32(22-9-6-8-21(28)15-22)37(35,36)23-13-11-20(27)12-14-23/h4-15,18H,3,16-17H2,1-2H3,(H,30,34)/t18-/m1/s1. The molecular weight excluding hydrogens is 557 g/mol. The fourth-order valence-electron chi connectivity index (χ4n) is 3.61. The number of sulfonamides is 1. The summed E-state index contributed by atoms with van der Waals surface area (Å²) < 4.78 is 28.4. The van der Waals surface area contributed by atoms with Gasteiger partial charge < -0.3 is 10.2 Å². The van der Waals surface area contributed by atoms with Crippen LogP contribution < -0.4 is 9.62 Å². The normalized spacial score (nSPS) is 12.0. The van der Waals surface area contributed by atoms with Crippen LogP contribution in [-0.2, 0) is 26.2 Å². The van der Waals surface area contributed by atoms with Crippen molar-refractivity contribution >= 4 is 62.3 Å². The molecule has 3 aromatic carbocycles. The number of hydrogen-bond acceptors (Lipinski definition) is 4. The second kappa shape index (κ2) is 12.6. The van der Waals surface area contributed by atoms with Crippen LogP contribution in [0.3, 0.4) is 0 Å². The Morgan fingerprint density at radius 3 is 2.22 bits per heavy atom. The first-order chi connectivity index (χ1) is 17.5. The Bertz CT molecular complexity index is 1370. The number of carbonyl (C=O) groups is 2. The average molecular weight is 583 g/mol. The largest absolute Gasteiger partial charge is 0.355 e. The molecule has 0 aliphatic carbocycles. The van der Waals surface area contributed by atoms with Crippen LogP contribution in [0.25, 0.3) is 0 Å². The van der Waals surface area contributed by atoms with Crippen LogP contribution in [0.15, 0.2) is 77.7 Å². The molecule has 3 rings (SSSR count). The first-order valence-electron chi connectivity index (χ1n) is 11.4. The maximum Gasteiger partial charge on any atom is 0.264 e. The first-order valence-corrected chi connectivity index (χ1v) is 14.0. The van der Waals surface area contributed by atoms with Crippen molar-refractivity contribution in [2.45, 2.75) is 31.3 Å². The van der Waals surface area contributed by atoms with E-state index in [2.05, 4.69) is 5.32 Å². The first kappa shape index (κ1) is 28.8. The molecule has 0 aromatic heterocycles. The van der Waals surface area contributed by atoms with Gasteiger partial charge >= 0.3 is 0 Å². The fraction of sp³-hybridized carbons (Fsp3) is 0.231. The van der Waals surface area contributed by atoms with Crippen LogP contribution in [0.5, 0.6) is 0 Å². The lowest BCUT2D eigenvalue weighted by atomic mass is 10.1. The molecular formula is C26H26Cl3N3O4S. The van der Waals surface area contributed by atoms with Gasteiger partial charge in [-0.15, -0.1) is 0 Å². The van der Waals surface area contributed by atoms with E-state index in [4.69, 9.17) is 34.8 Å². The lowest BCUT2D eigenvalue weighted by molar-refractivity contribution is -0.139. The minimum atomic E-state index is -4.21. The summed E-state index contributed by atoms with van der Waals surface area (Å²) in [6, 6.07) is 17.8. The maximum absolute atomic E-state index is 13.8. The molecule has 0 aliphatic rings. The number of anilines is 1. The van der Waals surface area contributed by atoms with Crippen molar-refractivity contribution in [2.75, 3.05) is 17.4 Å². The highest BCUT2D eigenvalue weighted by atomic mass is 35.5. The Labute approximate surface area is 232 Å². The second-order valence-corrected chi connectivity index (χ2v) is 11.3. The Morgan fingerprint density at radius 1 is 0.919 bits per heavy atom. The highest BCUT2D eigenvalue weighted by Gasteiger charge is 2.32. The van der Waals surface area contributed by atoms with Gasteiger partial charge in [0.05, 0.1) is 10.6 Å². The van der Waals surface area contributed by atoms with Crippen molar-refractivity contribution in [1.29, 1.82) is 0 Å². The SMILES string of the molecule is CCNC(=O)[C@@H](C)N(Cc1ccccc1Cl)C(=O)CN(c1cccc(Cl)c1)S(=O)(=O)c1ccc(Cl)cc1. The molecule has 37 heavy (non-hydrogen) atoms. The number of nitrogens with zero attached hydrogens (tertiary/aromatic N) is 2. The topological polar surface area (TPSA) is 86.8 Å². The number of hydrogen-bond donors (Lipinski definition) is 1. The van der Waals surface area contributed by atoms with Crippen molar-refractivity contribution < 1.29 is 18.0 Å². The summed E-state index contributed by atoms with van der Waals surface area (Å²) in [5.41, 5.74) is 0.808. The van der Waals surface area contributed by atoms with E-state index in [0.717, 1.165) is 4.31 Å². The number of benzene rings is 3. The molecule has 0 bridgehead atoms. The molecule has 196 valence electrons. The van der Waals surface area contributed by atoms with Gasteiger partial charge in [-0.05, 0) is 67.9 Å². The van der Waals surface area contributed by atoms with E-state index in [1.54, 1.807) is 50.2 Å². The van der Waals surface area contributed by atoms with Crippen LogP contribution in [0.4, 0.5) is 5.69 Å². The summed E-state index contributed by atoms with van der Waals surface area (Å²) in [4.78, 5) is 27.7. The molecule has 3 aromatic rings. The zero-order chi connectivity index (χ0) is 27.2. The van der Waals surface area contributed by atoms with Gasteiger partial charge in [-0.1, -0.05) is 59.1 Å². The van der Waals surface area contributed by atoms with Gasteiger partial charge in [0.25, 0.3) is 10.0 Å². The van der Waals surface area contributed by atoms with Crippen LogP contribution in [-0.4, -0.2) is 44.3 Å². The molecule has 11 heteroatoms. The molecule has 7 nitrogen and oxygen atoms in total. The minimum Gasteiger partial charge on any atom is -0.355 e. The summed E-state index contributed by atoms with van der Waals surface area (Å²) in [6.07, 6.45) is 0. The van der Waals surface area contributed by atoms with Gasteiger partial charge in [0.15, 0.2) is 0 Å². The van der Waals surface area contributed by atoms with Crippen molar-refractivity contribution in [3.8, 4) is 0 Å². The number of carbonyl (C=O) groups excluding carboxylic acids is 2. The van der Waals surface area contributed by atoms with Gasteiger partial charge in [0.2, 0.25) is 11.8 Å². The summed E-state index contributed by atoms with van der Waals surface area (Å²) in [5, 5.41) is 3.79. The van der Waals surface area contributed by atoms with E-state index in [1.807, 2.05) is 0 Å². The highest BCUT2D eigenvalue weighted by Crippen LogP contribution is 2.28. The van der Waals surface area contributed by atoms with E-state index < -0.39 is 28.5 Å². The van der Waals surface area contributed by atoms with Crippen LogP contribution in [0, 0.1) is 0 Å². The van der Waals surface area contributed by atoms with E-state index in [0.29, 0.717) is 27.2 Å². The lowest BCUT2D eigenvalue weighted by Gasteiger charge is -2.32. The predicted octanol–water partition coefficient (Wildman–Crippen LogP) is 5.40. The Kier molecular flexibility index (Phi) is 9.84. The quantitative estimate of drug-likeness (QED) is 0.347. The molecule has 0 radical (unpaired) electrons. The van der Waals surface area contributed by atoms with Crippen LogP contribution in [0.2, 0.25) is 15.1 Å². The van der Waals surface area contributed by atoms with Gasteiger partial charge in [-0.2, -0.15) is 0 Å². The van der Waals surface area contributed by atoms with Crippen LogP contribution >= 0.6 is 34.8 Å². The Morgan fingerprint density at radius 2 is 1.59 bits per heavy atom.